The van der Waals surface area contributed by atoms with Gasteiger partial charge < -0.3 is 38.3 Å². The second-order valence-electron chi connectivity index (χ2n) is 15.9. The minimum Gasteiger partial charge on any atom is -0.501 e. The summed E-state index contributed by atoms with van der Waals surface area (Å²) in [6.07, 6.45) is 1.23. The predicted molar refractivity (Wildman–Crippen MR) is 259 cm³/mol. The Morgan fingerprint density at radius 3 is 1.38 bits per heavy atom. The molecule has 4 saturated carbocycles. The maximum Gasteiger partial charge on any atom is 0.514 e. The van der Waals surface area contributed by atoms with E-state index in [0.717, 1.165) is 20.7 Å². The Balaban J connectivity index is 1.23. The van der Waals surface area contributed by atoms with E-state index in [-0.39, 0.29) is 64.3 Å². The molecule has 5 aromatic carbocycles. The van der Waals surface area contributed by atoms with Gasteiger partial charge in [-0.15, -0.1) is 0 Å². The lowest BCUT2D eigenvalue weighted by molar-refractivity contribution is -0.196. The Bertz CT molecular complexity index is 2550. The van der Waals surface area contributed by atoms with E-state index in [1.807, 2.05) is 0 Å². The quantitative estimate of drug-likeness (QED) is 0.0466. The van der Waals surface area contributed by atoms with Crippen LogP contribution in [0.25, 0.3) is 0 Å². The first-order valence-corrected chi connectivity index (χ1v) is 25.1. The molecule has 64 heavy (non-hydrogen) atoms. The van der Waals surface area contributed by atoms with Crippen molar-refractivity contribution in [3.63, 3.8) is 0 Å². The number of carbonyl (C=O) groups excluding carboxylic acids is 2. The first-order valence-electron chi connectivity index (χ1n) is 19.4. The van der Waals surface area contributed by atoms with Crippen LogP contribution in [0.1, 0.15) is 38.5 Å². The van der Waals surface area contributed by atoms with E-state index >= 15 is 0 Å². The van der Waals surface area contributed by atoms with Gasteiger partial charge in [0.2, 0.25) is 34.5 Å². The number of carbonyl (C=O) groups is 2. The number of hydrogen-bond acceptors (Lipinski definition) is 12. The Hall–Kier alpha value is -3.47. The third-order valence-electron chi connectivity index (χ3n) is 11.1. The number of phenolic OH excluding ortho intramolecular Hbond substituents is 1. The molecule has 336 valence electrons. The normalized spacial score (nSPS) is 21.2. The fraction of sp³-hybridized carbons (Fsp3) is 0.273. The van der Waals surface area contributed by atoms with Gasteiger partial charge >= 0.3 is 27.5 Å². The Morgan fingerprint density at radius 2 is 1.00 bits per heavy atom. The molecule has 2 atom stereocenters. The average Bonchev–Trinajstić information content (AvgIpc) is 3.23. The second-order valence-corrected chi connectivity index (χ2v) is 22.3. The average molecular weight is 1350 g/mol. The van der Waals surface area contributed by atoms with Crippen LogP contribution in [0.4, 0.5) is 13.6 Å². The summed E-state index contributed by atoms with van der Waals surface area (Å²) in [5.41, 5.74) is -2.17. The smallest absolute Gasteiger partial charge is 0.501 e. The Kier molecular flexibility index (Phi) is 13.7. The van der Waals surface area contributed by atoms with Gasteiger partial charge in [-0.2, -0.15) is 17.2 Å². The summed E-state index contributed by atoms with van der Waals surface area (Å²) in [5, 5.41) is 7.12. The summed E-state index contributed by atoms with van der Waals surface area (Å²) < 4.78 is 107. The van der Waals surface area contributed by atoms with Crippen LogP contribution in [0.2, 0.25) is 0 Å². The molecular weight excluding hydrogens is 1310 g/mol. The first kappa shape index (κ1) is 47.0. The summed E-state index contributed by atoms with van der Waals surface area (Å²) in [7, 11) is -6.09. The highest BCUT2D eigenvalue weighted by molar-refractivity contribution is 14.1. The summed E-state index contributed by atoms with van der Waals surface area (Å²) in [4.78, 5) is 26.8. The molecule has 2 N–H and O–H groups in total. The highest BCUT2D eigenvalue weighted by atomic mass is 127. The molecule has 0 aliphatic heterocycles. The van der Waals surface area contributed by atoms with Crippen molar-refractivity contribution in [3.8, 4) is 57.5 Å². The highest BCUT2D eigenvalue weighted by Gasteiger charge is 2.61. The van der Waals surface area contributed by atoms with Crippen molar-refractivity contribution in [3.05, 3.63) is 111 Å². The van der Waals surface area contributed by atoms with Gasteiger partial charge in [0.05, 0.1) is 6.61 Å². The molecule has 13 nitrogen and oxygen atoms in total. The van der Waals surface area contributed by atoms with Crippen molar-refractivity contribution in [2.45, 2.75) is 49.4 Å². The number of hydrogen-bond donors (Lipinski definition) is 2. The van der Waals surface area contributed by atoms with Gasteiger partial charge in [0.15, 0.2) is 0 Å². The van der Waals surface area contributed by atoms with Crippen LogP contribution < -0.4 is 23.7 Å². The Morgan fingerprint density at radius 1 is 0.625 bits per heavy atom. The fourth-order valence-electron chi connectivity index (χ4n) is 8.92. The maximum atomic E-state index is 14.5. The molecular formula is C44H34F2I4O13S. The van der Waals surface area contributed by atoms with Crippen LogP contribution >= 0.6 is 90.4 Å². The van der Waals surface area contributed by atoms with Gasteiger partial charge in [0.1, 0.15) is 28.6 Å². The number of ether oxygens (including phenoxy) is 7. The van der Waals surface area contributed by atoms with E-state index in [1.54, 1.807) is 97.1 Å². The molecule has 0 spiro atoms. The van der Waals surface area contributed by atoms with Gasteiger partial charge in [-0.05, 0) is 238 Å². The van der Waals surface area contributed by atoms with Crippen molar-refractivity contribution in [1.29, 1.82) is 0 Å². The minimum atomic E-state index is -6.09. The highest BCUT2D eigenvalue weighted by Crippen LogP contribution is 2.64. The molecule has 4 fully saturated rings. The van der Waals surface area contributed by atoms with Crippen molar-refractivity contribution in [2.24, 2.45) is 17.3 Å². The topological polar surface area (TPSA) is 173 Å². The van der Waals surface area contributed by atoms with Gasteiger partial charge in [-0.25, -0.2) is 9.59 Å². The van der Waals surface area contributed by atoms with Gasteiger partial charge in [-0.1, -0.05) is 0 Å². The van der Waals surface area contributed by atoms with E-state index in [1.165, 1.54) is 0 Å². The molecule has 4 aliphatic rings. The molecule has 0 amide bonds. The lowest BCUT2D eigenvalue weighted by Crippen LogP contribution is -2.59. The molecule has 20 heteroatoms. The van der Waals surface area contributed by atoms with Gasteiger partial charge in [-0.3, -0.25) is 4.55 Å². The van der Waals surface area contributed by atoms with Gasteiger partial charge in [0.25, 0.3) is 0 Å². The SMILES string of the molecule is O=C(Oc1c(Oc2ccc(I)cc2)c(Oc2ccc(I)cc2)c(O)c(Oc2ccc(I)cc2)c1Oc1ccc(I)cc1)OC12CC3CC(CC(COC(=O)C(F)(F)S(=O)(=O)O)(C3)C1)C2. The number of benzene rings is 5. The lowest BCUT2D eigenvalue weighted by atomic mass is 9.48. The number of halogens is 6. The monoisotopic (exact) mass is 1350 g/mol. The van der Waals surface area contributed by atoms with Crippen LogP contribution in [0.3, 0.4) is 0 Å². The summed E-state index contributed by atoms with van der Waals surface area (Å²) >= 11 is 8.56. The van der Waals surface area contributed by atoms with E-state index < -0.39 is 56.6 Å². The largest absolute Gasteiger partial charge is 0.514 e. The number of rotatable bonds is 14. The molecule has 2 unspecified atom stereocenters. The van der Waals surface area contributed by atoms with E-state index in [4.69, 9.17) is 37.7 Å². The van der Waals surface area contributed by atoms with Crippen molar-refractivity contribution < 1.29 is 69.6 Å². The van der Waals surface area contributed by atoms with E-state index in [9.17, 15) is 31.9 Å². The molecule has 5 aromatic rings. The molecule has 4 aliphatic carbocycles. The van der Waals surface area contributed by atoms with Crippen LogP contribution in [0.5, 0.6) is 57.5 Å². The fourth-order valence-corrected chi connectivity index (χ4v) is 10.6. The van der Waals surface area contributed by atoms with Crippen LogP contribution in [0.15, 0.2) is 97.1 Å². The predicted octanol–water partition coefficient (Wildman–Crippen LogP) is 12.9. The first-order chi connectivity index (χ1) is 30.3. The zero-order valence-corrected chi connectivity index (χ0v) is 42.3. The zero-order chi connectivity index (χ0) is 45.6. The lowest BCUT2D eigenvalue weighted by Gasteiger charge is -2.60. The minimum absolute atomic E-state index is 0.0640. The molecule has 0 radical (unpaired) electrons. The molecule has 0 aromatic heterocycles. The van der Waals surface area contributed by atoms with Crippen molar-refractivity contribution in [2.75, 3.05) is 6.61 Å². The third-order valence-corrected chi connectivity index (χ3v) is 14.8. The molecule has 0 heterocycles. The summed E-state index contributed by atoms with van der Waals surface area (Å²) in [5.74, 6) is -3.64. The number of phenols is 1. The molecule has 4 bridgehead atoms. The van der Waals surface area contributed by atoms with Crippen LogP contribution in [0, 0.1) is 31.5 Å². The van der Waals surface area contributed by atoms with Gasteiger partial charge in [0, 0.05) is 19.7 Å². The summed E-state index contributed by atoms with van der Waals surface area (Å²) in [6, 6.07) is 27.6. The summed E-state index contributed by atoms with van der Waals surface area (Å²) in [6.45, 7) is -0.595. The maximum absolute atomic E-state index is 14.5. The standard InChI is InChI=1S/C44H34F2I4O13S/c45-44(46,64(54,55)56)40(52)57-23-42-18-24-17-25(19-42)21-43(20-24,22-42)63-41(53)62-39-37(60-32-13-5-28(49)6-14-32)35(58-30-9-1-26(47)2-10-30)34(51)36(59-31-11-3-27(48)4-12-31)38(39)61-33-15-7-29(50)8-16-33/h1-16,24-25,51H,17-23H2,(H,54,55,56). The number of esters is 1. The second kappa shape index (κ2) is 18.7. The van der Waals surface area contributed by atoms with Crippen LogP contribution in [-0.4, -0.2) is 47.7 Å². The van der Waals surface area contributed by atoms with E-state index in [2.05, 4.69) is 90.4 Å². The number of aromatic hydroxyl groups is 1. The van der Waals surface area contributed by atoms with Crippen molar-refractivity contribution in [1.82, 2.24) is 0 Å². The van der Waals surface area contributed by atoms with Crippen molar-refractivity contribution >= 4 is 113 Å². The third kappa shape index (κ3) is 10.4. The molecule has 9 rings (SSSR count). The Labute approximate surface area is 420 Å². The number of alkyl halides is 2. The van der Waals surface area contributed by atoms with Crippen LogP contribution in [-0.2, 0) is 24.4 Å². The zero-order valence-electron chi connectivity index (χ0n) is 32.9. The molecule has 0 saturated heterocycles. The van der Waals surface area contributed by atoms with E-state index in [0.29, 0.717) is 25.7 Å².